The molecule has 0 aromatic carbocycles. The predicted octanol–water partition coefficient (Wildman–Crippen LogP) is 4.51. The van der Waals surface area contributed by atoms with Crippen molar-refractivity contribution in [2.75, 3.05) is 20.3 Å². The van der Waals surface area contributed by atoms with Gasteiger partial charge in [0.05, 0.1) is 18.8 Å². The van der Waals surface area contributed by atoms with E-state index in [0.717, 1.165) is 43.4 Å². The molecule has 4 aliphatic carbocycles. The highest BCUT2D eigenvalue weighted by atomic mass is 16.5. The molecule has 4 nitrogen and oxygen atoms in total. The van der Waals surface area contributed by atoms with E-state index in [9.17, 15) is 9.90 Å². The van der Waals surface area contributed by atoms with E-state index in [0.29, 0.717) is 25.0 Å². The lowest BCUT2D eigenvalue weighted by Gasteiger charge is -2.56. The number of aliphatic hydroxyl groups is 1. The van der Waals surface area contributed by atoms with Crippen molar-refractivity contribution in [2.24, 2.45) is 35.0 Å². The van der Waals surface area contributed by atoms with Gasteiger partial charge in [-0.1, -0.05) is 12.5 Å². The molecule has 0 aromatic rings. The highest BCUT2D eigenvalue weighted by molar-refractivity contribution is 5.83. The summed E-state index contributed by atoms with van der Waals surface area (Å²) in [5.41, 5.74) is 0.927. The zero-order valence-corrected chi connectivity index (χ0v) is 17.9. The first kappa shape index (κ1) is 20.4. The fourth-order valence-electron chi connectivity index (χ4n) is 7.77. The van der Waals surface area contributed by atoms with Gasteiger partial charge >= 0.3 is 5.97 Å². The zero-order chi connectivity index (χ0) is 19.9. The third-order valence-electron chi connectivity index (χ3n) is 8.94. The Labute approximate surface area is 170 Å². The minimum atomic E-state index is -0.602. The number of carbonyl (C=O) groups excluding carboxylic acids is 1. The van der Waals surface area contributed by atoms with Gasteiger partial charge in [0, 0.05) is 13.2 Å². The van der Waals surface area contributed by atoms with E-state index < -0.39 is 5.60 Å². The van der Waals surface area contributed by atoms with Crippen LogP contribution in [0.1, 0.15) is 71.6 Å². The van der Waals surface area contributed by atoms with Crippen LogP contribution in [0, 0.1) is 35.0 Å². The van der Waals surface area contributed by atoms with E-state index in [-0.39, 0.29) is 11.4 Å². The molecule has 1 N–H and O–H groups in total. The van der Waals surface area contributed by atoms with Crippen molar-refractivity contribution in [3.8, 4) is 0 Å². The van der Waals surface area contributed by atoms with Gasteiger partial charge in [-0.25, -0.2) is 4.79 Å². The molecule has 4 saturated carbocycles. The van der Waals surface area contributed by atoms with Crippen LogP contribution in [-0.4, -0.2) is 37.0 Å². The van der Waals surface area contributed by atoms with Crippen molar-refractivity contribution in [2.45, 2.75) is 77.2 Å². The second-order valence-corrected chi connectivity index (χ2v) is 10.3. The average molecular weight is 391 g/mol. The number of hydrogen-bond donors (Lipinski definition) is 1. The largest absolute Gasteiger partial charge is 0.463 e. The predicted molar refractivity (Wildman–Crippen MR) is 109 cm³/mol. The van der Waals surface area contributed by atoms with Gasteiger partial charge in [0.2, 0.25) is 0 Å². The van der Waals surface area contributed by atoms with Gasteiger partial charge in [-0.2, -0.15) is 0 Å². The lowest BCUT2D eigenvalue weighted by molar-refractivity contribution is -0.137. The molecular formula is C24H38O4. The number of rotatable bonds is 4. The topological polar surface area (TPSA) is 55.8 Å². The second kappa shape index (κ2) is 7.75. The maximum absolute atomic E-state index is 12.1. The Morgan fingerprint density at radius 1 is 1.14 bits per heavy atom. The van der Waals surface area contributed by atoms with Crippen molar-refractivity contribution in [3.63, 3.8) is 0 Å². The lowest BCUT2D eigenvalue weighted by Crippen LogP contribution is -2.51. The second-order valence-electron chi connectivity index (χ2n) is 10.3. The van der Waals surface area contributed by atoms with Gasteiger partial charge in [-0.3, -0.25) is 0 Å². The first-order valence-electron chi connectivity index (χ1n) is 11.5. The molecule has 0 aromatic heterocycles. The van der Waals surface area contributed by atoms with Crippen LogP contribution in [0.3, 0.4) is 0 Å². The number of fused-ring (bicyclic) bond motifs is 5. The summed E-state index contributed by atoms with van der Waals surface area (Å²) in [4.78, 5) is 12.1. The first-order valence-corrected chi connectivity index (χ1v) is 11.5. The molecule has 0 heterocycles. The summed E-state index contributed by atoms with van der Waals surface area (Å²) in [6.45, 7) is 5.21. The Hall–Kier alpha value is -0.870. The molecule has 28 heavy (non-hydrogen) atoms. The van der Waals surface area contributed by atoms with Gasteiger partial charge in [0.15, 0.2) is 0 Å². The number of ether oxygens (including phenoxy) is 2. The Bertz CT molecular complexity index is 628. The summed E-state index contributed by atoms with van der Waals surface area (Å²) in [6.07, 6.45) is 12.1. The molecule has 0 bridgehead atoms. The van der Waals surface area contributed by atoms with Gasteiger partial charge < -0.3 is 14.6 Å². The standard InChI is InChI=1S/C24H38O4/c1-4-28-22(25)13-17-6-8-21-20-7-5-16-14-24(26,15-27-3)12-10-18(16)19(20)9-11-23(17,21)2/h13,16,18-21,26H,4-12,14-15H2,1-3H3/b17-13+/t16-,18+,19-,20?,21+,23-,24-/m1/s1. The van der Waals surface area contributed by atoms with Crippen LogP contribution >= 0.6 is 0 Å². The number of carbonyl (C=O) groups is 1. The highest BCUT2D eigenvalue weighted by Gasteiger charge is 2.56. The Morgan fingerprint density at radius 3 is 2.68 bits per heavy atom. The Morgan fingerprint density at radius 2 is 1.93 bits per heavy atom. The van der Waals surface area contributed by atoms with E-state index in [4.69, 9.17) is 9.47 Å². The van der Waals surface area contributed by atoms with Gasteiger partial charge in [-0.05, 0) is 99.7 Å². The van der Waals surface area contributed by atoms with E-state index in [2.05, 4.69) is 6.92 Å². The monoisotopic (exact) mass is 390 g/mol. The van der Waals surface area contributed by atoms with Crippen molar-refractivity contribution in [3.05, 3.63) is 11.6 Å². The molecule has 4 aliphatic rings. The highest BCUT2D eigenvalue weighted by Crippen LogP contribution is 2.64. The van der Waals surface area contributed by atoms with Crippen LogP contribution in [0.4, 0.5) is 0 Å². The minimum absolute atomic E-state index is 0.157. The average Bonchev–Trinajstić information content (AvgIpc) is 2.98. The molecule has 7 atom stereocenters. The van der Waals surface area contributed by atoms with Crippen LogP contribution in [0.5, 0.6) is 0 Å². The van der Waals surface area contributed by atoms with Crippen LogP contribution in [0.25, 0.3) is 0 Å². The third-order valence-corrected chi connectivity index (χ3v) is 8.94. The van der Waals surface area contributed by atoms with Crippen molar-refractivity contribution >= 4 is 5.97 Å². The van der Waals surface area contributed by atoms with Crippen LogP contribution < -0.4 is 0 Å². The SMILES string of the molecule is CCOC(=O)/C=C1\CC[C@H]2C3CC[C@@H]4C[C@@](O)(COC)CC[C@@H]4[C@H]3CC[C@]12C. The Balaban J connectivity index is 1.49. The number of esters is 1. The van der Waals surface area contributed by atoms with E-state index >= 15 is 0 Å². The molecule has 0 radical (unpaired) electrons. The smallest absolute Gasteiger partial charge is 0.330 e. The molecule has 4 fully saturated rings. The number of methoxy groups -OCH3 is 1. The fourth-order valence-corrected chi connectivity index (χ4v) is 7.77. The van der Waals surface area contributed by atoms with Crippen LogP contribution in [0.15, 0.2) is 11.6 Å². The van der Waals surface area contributed by atoms with Crippen molar-refractivity contribution < 1.29 is 19.4 Å². The maximum atomic E-state index is 12.1. The van der Waals surface area contributed by atoms with Crippen molar-refractivity contribution in [1.29, 1.82) is 0 Å². The molecule has 0 amide bonds. The molecule has 1 unspecified atom stereocenters. The fraction of sp³-hybridized carbons (Fsp3) is 0.875. The van der Waals surface area contributed by atoms with Crippen LogP contribution in [-0.2, 0) is 14.3 Å². The lowest BCUT2D eigenvalue weighted by atomic mass is 9.49. The molecule has 0 aliphatic heterocycles. The quantitative estimate of drug-likeness (QED) is 0.567. The zero-order valence-electron chi connectivity index (χ0n) is 17.9. The third kappa shape index (κ3) is 3.45. The summed E-state index contributed by atoms with van der Waals surface area (Å²) >= 11 is 0. The molecule has 0 saturated heterocycles. The summed E-state index contributed by atoms with van der Waals surface area (Å²) in [6, 6.07) is 0. The molecule has 0 spiro atoms. The van der Waals surface area contributed by atoms with Gasteiger partial charge in [-0.15, -0.1) is 0 Å². The minimum Gasteiger partial charge on any atom is -0.463 e. The summed E-state index contributed by atoms with van der Waals surface area (Å²) in [7, 11) is 1.70. The summed E-state index contributed by atoms with van der Waals surface area (Å²) < 4.78 is 10.5. The molecular weight excluding hydrogens is 352 g/mol. The molecule has 4 heteroatoms. The molecule has 158 valence electrons. The molecule has 4 rings (SSSR count). The Kier molecular flexibility index (Phi) is 5.65. The maximum Gasteiger partial charge on any atom is 0.330 e. The summed E-state index contributed by atoms with van der Waals surface area (Å²) in [5.74, 6) is 3.60. The van der Waals surface area contributed by atoms with E-state index in [1.165, 1.54) is 37.7 Å². The van der Waals surface area contributed by atoms with Gasteiger partial charge in [0.1, 0.15) is 0 Å². The number of hydrogen-bond acceptors (Lipinski definition) is 4. The summed E-state index contributed by atoms with van der Waals surface area (Å²) in [5, 5.41) is 10.9. The van der Waals surface area contributed by atoms with Crippen LogP contribution in [0.2, 0.25) is 0 Å². The van der Waals surface area contributed by atoms with E-state index in [1.807, 2.05) is 13.0 Å². The normalized spacial score (nSPS) is 46.6. The van der Waals surface area contributed by atoms with Gasteiger partial charge in [0.25, 0.3) is 0 Å². The van der Waals surface area contributed by atoms with E-state index in [1.54, 1.807) is 7.11 Å². The number of allylic oxidation sites excluding steroid dienone is 1. The van der Waals surface area contributed by atoms with Crippen molar-refractivity contribution in [1.82, 2.24) is 0 Å². The first-order chi connectivity index (χ1) is 13.4.